The highest BCUT2D eigenvalue weighted by Crippen LogP contribution is 2.31. The third-order valence-electron chi connectivity index (χ3n) is 4.19. The fourth-order valence-corrected chi connectivity index (χ4v) is 3.16. The number of hydrogen-bond donors (Lipinski definition) is 2. The number of rotatable bonds is 3. The summed E-state index contributed by atoms with van der Waals surface area (Å²) in [5.74, 6) is -0.0503. The lowest BCUT2D eigenvalue weighted by Gasteiger charge is -2.31. The molecule has 1 aliphatic rings. The van der Waals surface area contributed by atoms with Crippen LogP contribution in [0.5, 0.6) is 0 Å². The monoisotopic (exact) mass is 365 g/mol. The highest BCUT2D eigenvalue weighted by Gasteiger charge is 2.20. The van der Waals surface area contributed by atoms with E-state index in [-0.39, 0.29) is 18.3 Å². The standard InChI is InChI=1S/C18H20ClN3O.ClH/c1-12-7-8-13(19)10-16(12)21-18(23)11-22-9-3-4-14-15(20)5-2-6-17(14)22;/h2,5-8,10H,3-4,9,11,20H2,1H3,(H,21,23);1H. The van der Waals surface area contributed by atoms with Crippen molar-refractivity contribution >= 4 is 47.0 Å². The molecule has 1 amide bonds. The van der Waals surface area contributed by atoms with Crippen molar-refractivity contribution in [1.82, 2.24) is 0 Å². The highest BCUT2D eigenvalue weighted by atomic mass is 35.5. The van der Waals surface area contributed by atoms with Crippen LogP contribution in [0.3, 0.4) is 0 Å². The summed E-state index contributed by atoms with van der Waals surface area (Å²) in [6.45, 7) is 3.11. The average molecular weight is 366 g/mol. The number of halogens is 2. The Morgan fingerprint density at radius 3 is 2.92 bits per heavy atom. The van der Waals surface area contributed by atoms with Gasteiger partial charge in [-0.1, -0.05) is 23.7 Å². The molecule has 1 heterocycles. The van der Waals surface area contributed by atoms with Crippen molar-refractivity contribution < 1.29 is 4.79 Å². The van der Waals surface area contributed by atoms with E-state index in [0.29, 0.717) is 11.6 Å². The molecule has 128 valence electrons. The molecule has 4 nitrogen and oxygen atoms in total. The number of nitrogens with two attached hydrogens (primary N) is 1. The second-order valence-electron chi connectivity index (χ2n) is 5.88. The van der Waals surface area contributed by atoms with Crippen LogP contribution in [0.4, 0.5) is 17.1 Å². The molecule has 3 rings (SSSR count). The zero-order valence-corrected chi connectivity index (χ0v) is 15.1. The number of nitrogens with one attached hydrogen (secondary N) is 1. The lowest BCUT2D eigenvalue weighted by atomic mass is 10.00. The molecular formula is C18H21Cl2N3O. The van der Waals surface area contributed by atoms with Crippen LogP contribution >= 0.6 is 24.0 Å². The van der Waals surface area contributed by atoms with Gasteiger partial charge in [-0.2, -0.15) is 0 Å². The van der Waals surface area contributed by atoms with Crippen molar-refractivity contribution in [1.29, 1.82) is 0 Å². The van der Waals surface area contributed by atoms with Crippen LogP contribution in [0.15, 0.2) is 36.4 Å². The summed E-state index contributed by atoms with van der Waals surface area (Å²) in [4.78, 5) is 14.5. The minimum absolute atomic E-state index is 0. The zero-order valence-electron chi connectivity index (χ0n) is 13.5. The van der Waals surface area contributed by atoms with Crippen LogP contribution in [0.2, 0.25) is 5.02 Å². The first-order chi connectivity index (χ1) is 11.0. The Balaban J connectivity index is 0.00000208. The molecule has 24 heavy (non-hydrogen) atoms. The van der Waals surface area contributed by atoms with Gasteiger partial charge in [0.2, 0.25) is 5.91 Å². The highest BCUT2D eigenvalue weighted by molar-refractivity contribution is 6.31. The molecule has 0 radical (unpaired) electrons. The molecule has 2 aromatic rings. The van der Waals surface area contributed by atoms with Gasteiger partial charge in [-0.05, 0) is 55.2 Å². The minimum atomic E-state index is -0.0503. The normalized spacial score (nSPS) is 13.0. The second kappa shape index (κ2) is 7.77. The van der Waals surface area contributed by atoms with Crippen molar-refractivity contribution in [2.45, 2.75) is 19.8 Å². The van der Waals surface area contributed by atoms with Gasteiger partial charge in [-0.15, -0.1) is 12.4 Å². The maximum atomic E-state index is 12.4. The summed E-state index contributed by atoms with van der Waals surface area (Å²) in [5.41, 5.74) is 10.8. The van der Waals surface area contributed by atoms with Gasteiger partial charge in [0.25, 0.3) is 0 Å². The van der Waals surface area contributed by atoms with Crippen LogP contribution < -0.4 is 16.0 Å². The third-order valence-corrected chi connectivity index (χ3v) is 4.43. The molecule has 3 N–H and O–H groups in total. The van der Waals surface area contributed by atoms with Crippen molar-refractivity contribution in [3.8, 4) is 0 Å². The van der Waals surface area contributed by atoms with E-state index in [1.54, 1.807) is 6.07 Å². The predicted molar refractivity (Wildman–Crippen MR) is 103 cm³/mol. The molecule has 0 unspecified atom stereocenters. The van der Waals surface area contributed by atoms with E-state index >= 15 is 0 Å². The molecule has 0 saturated heterocycles. The second-order valence-corrected chi connectivity index (χ2v) is 6.31. The third kappa shape index (κ3) is 3.94. The largest absolute Gasteiger partial charge is 0.398 e. The summed E-state index contributed by atoms with van der Waals surface area (Å²) in [7, 11) is 0. The SMILES string of the molecule is Cc1ccc(Cl)cc1NC(=O)CN1CCCc2c(N)cccc21.Cl. The molecule has 0 bridgehead atoms. The number of benzene rings is 2. The molecule has 0 aliphatic carbocycles. The molecule has 1 aliphatic heterocycles. The number of carbonyl (C=O) groups excluding carboxylic acids is 1. The first kappa shape index (κ1) is 18.4. The smallest absolute Gasteiger partial charge is 0.243 e. The van der Waals surface area contributed by atoms with E-state index in [4.69, 9.17) is 17.3 Å². The van der Waals surface area contributed by atoms with Gasteiger partial charge < -0.3 is 16.0 Å². The van der Waals surface area contributed by atoms with Gasteiger partial charge in [-0.3, -0.25) is 4.79 Å². The molecule has 6 heteroatoms. The van der Waals surface area contributed by atoms with Crippen molar-refractivity contribution in [2.75, 3.05) is 29.0 Å². The van der Waals surface area contributed by atoms with Crippen LogP contribution in [0, 0.1) is 6.92 Å². The number of aryl methyl sites for hydroxylation is 1. The number of carbonyl (C=O) groups is 1. The molecule has 0 spiro atoms. The van der Waals surface area contributed by atoms with E-state index in [9.17, 15) is 4.79 Å². The maximum Gasteiger partial charge on any atom is 0.243 e. The predicted octanol–water partition coefficient (Wildman–Crippen LogP) is 4.04. The van der Waals surface area contributed by atoms with Gasteiger partial charge in [0.1, 0.15) is 0 Å². The molecule has 0 aromatic heterocycles. The number of nitrogen functional groups attached to an aromatic ring is 1. The van der Waals surface area contributed by atoms with E-state index in [2.05, 4.69) is 10.2 Å². The number of nitrogens with zero attached hydrogens (tertiary/aromatic N) is 1. The summed E-state index contributed by atoms with van der Waals surface area (Å²) in [6.07, 6.45) is 1.97. The van der Waals surface area contributed by atoms with Crippen molar-refractivity contribution in [3.63, 3.8) is 0 Å². The molecule has 0 fully saturated rings. The van der Waals surface area contributed by atoms with Crippen LogP contribution in [0.1, 0.15) is 17.5 Å². The Kier molecular flexibility index (Phi) is 5.97. The van der Waals surface area contributed by atoms with E-state index < -0.39 is 0 Å². The number of hydrogen-bond acceptors (Lipinski definition) is 3. The summed E-state index contributed by atoms with van der Waals surface area (Å²) in [6, 6.07) is 11.4. The van der Waals surface area contributed by atoms with E-state index in [1.165, 1.54) is 0 Å². The lowest BCUT2D eigenvalue weighted by molar-refractivity contribution is -0.115. The Bertz CT molecular complexity index is 749. The fraction of sp³-hybridized carbons (Fsp3) is 0.278. The fourth-order valence-electron chi connectivity index (χ4n) is 2.98. The minimum Gasteiger partial charge on any atom is -0.398 e. The number of fused-ring (bicyclic) bond motifs is 1. The molecular weight excluding hydrogens is 345 g/mol. The lowest BCUT2D eigenvalue weighted by Crippen LogP contribution is -2.37. The molecule has 0 saturated carbocycles. The van der Waals surface area contributed by atoms with Crippen LogP contribution in [-0.4, -0.2) is 19.0 Å². The van der Waals surface area contributed by atoms with Gasteiger partial charge in [0.15, 0.2) is 0 Å². The van der Waals surface area contributed by atoms with Gasteiger partial charge in [-0.25, -0.2) is 0 Å². The molecule has 2 aromatic carbocycles. The van der Waals surface area contributed by atoms with Crippen molar-refractivity contribution in [2.24, 2.45) is 0 Å². The van der Waals surface area contributed by atoms with Crippen molar-refractivity contribution in [3.05, 3.63) is 52.5 Å². The number of amides is 1. The summed E-state index contributed by atoms with van der Waals surface area (Å²) >= 11 is 6.00. The first-order valence-electron chi connectivity index (χ1n) is 7.73. The Hall–Kier alpha value is -1.91. The topological polar surface area (TPSA) is 58.4 Å². The maximum absolute atomic E-state index is 12.4. The average Bonchev–Trinajstić information content (AvgIpc) is 2.52. The Morgan fingerprint density at radius 1 is 1.33 bits per heavy atom. The van der Waals surface area contributed by atoms with Gasteiger partial charge >= 0.3 is 0 Å². The van der Waals surface area contributed by atoms with Crippen LogP contribution in [0.25, 0.3) is 0 Å². The zero-order chi connectivity index (χ0) is 16.4. The first-order valence-corrected chi connectivity index (χ1v) is 8.10. The molecule has 0 atom stereocenters. The van der Waals surface area contributed by atoms with Crippen LogP contribution in [-0.2, 0) is 11.2 Å². The Morgan fingerprint density at radius 2 is 2.12 bits per heavy atom. The Labute approximate surface area is 153 Å². The van der Waals surface area contributed by atoms with E-state index in [1.807, 2.05) is 37.3 Å². The van der Waals surface area contributed by atoms with E-state index in [0.717, 1.165) is 47.6 Å². The quantitative estimate of drug-likeness (QED) is 0.806. The number of anilines is 3. The summed E-state index contributed by atoms with van der Waals surface area (Å²) < 4.78 is 0. The van der Waals surface area contributed by atoms with Gasteiger partial charge in [0, 0.05) is 28.6 Å². The summed E-state index contributed by atoms with van der Waals surface area (Å²) in [5, 5.41) is 3.56. The van der Waals surface area contributed by atoms with Gasteiger partial charge in [0.05, 0.1) is 6.54 Å².